The summed E-state index contributed by atoms with van der Waals surface area (Å²) in [4.78, 5) is 14.2. The van der Waals surface area contributed by atoms with Crippen molar-refractivity contribution in [2.24, 2.45) is 0 Å². The van der Waals surface area contributed by atoms with Gasteiger partial charge < -0.3 is 14.4 Å². The molecule has 0 saturated heterocycles. The number of carbonyl (C=O) groups excluding carboxylic acids is 1. The summed E-state index contributed by atoms with van der Waals surface area (Å²) in [5, 5.41) is 0. The summed E-state index contributed by atoms with van der Waals surface area (Å²) in [6.07, 6.45) is 4.86. The second kappa shape index (κ2) is 8.77. The maximum absolute atomic E-state index is 12.5. The fraction of sp³-hybridized carbons (Fsp3) is 0.286. The molecule has 1 aliphatic heterocycles. The number of benzene rings is 2. The van der Waals surface area contributed by atoms with Gasteiger partial charge in [0.05, 0.1) is 13.5 Å². The Kier molecular flexibility index (Phi) is 6.18. The molecule has 0 saturated carbocycles. The molecule has 0 N–H and O–H groups in total. The second-order valence-electron chi connectivity index (χ2n) is 6.10. The van der Waals surface area contributed by atoms with Gasteiger partial charge in [0, 0.05) is 18.6 Å². The van der Waals surface area contributed by atoms with Gasteiger partial charge in [-0.1, -0.05) is 30.3 Å². The third-order valence-corrected chi connectivity index (χ3v) is 4.56. The van der Waals surface area contributed by atoms with Crippen LogP contribution in [0.3, 0.4) is 0 Å². The zero-order chi connectivity index (χ0) is 18.4. The highest BCUT2D eigenvalue weighted by Crippen LogP contribution is 2.33. The first-order chi connectivity index (χ1) is 12.7. The van der Waals surface area contributed by atoms with Crippen LogP contribution in [0.15, 0.2) is 48.7 Å². The molecule has 3 rings (SSSR count). The highest BCUT2D eigenvalue weighted by atomic mass is 35.5. The molecule has 5 heteroatoms. The first-order valence-electron chi connectivity index (χ1n) is 8.62. The molecule has 0 atom stereocenters. The molecule has 0 aliphatic carbocycles. The monoisotopic (exact) mass is 371 g/mol. The van der Waals surface area contributed by atoms with E-state index in [-0.39, 0.29) is 5.91 Å². The highest BCUT2D eigenvalue weighted by Gasteiger charge is 2.19. The van der Waals surface area contributed by atoms with E-state index in [4.69, 9.17) is 21.1 Å². The fourth-order valence-electron chi connectivity index (χ4n) is 2.88. The quantitative estimate of drug-likeness (QED) is 0.683. The van der Waals surface area contributed by atoms with Crippen LogP contribution in [0.1, 0.15) is 23.1 Å². The third-order valence-electron chi connectivity index (χ3n) is 4.29. The van der Waals surface area contributed by atoms with Gasteiger partial charge in [-0.25, -0.2) is 0 Å². The lowest BCUT2D eigenvalue weighted by molar-refractivity contribution is -0.127. The number of methoxy groups -OCH3 is 1. The van der Waals surface area contributed by atoms with E-state index in [9.17, 15) is 4.79 Å². The third kappa shape index (κ3) is 4.38. The minimum absolute atomic E-state index is 0.0595. The van der Waals surface area contributed by atoms with E-state index in [1.54, 1.807) is 12.0 Å². The number of alkyl halides is 1. The molecule has 1 amide bonds. The van der Waals surface area contributed by atoms with Crippen molar-refractivity contribution in [1.29, 1.82) is 0 Å². The molecule has 0 fully saturated rings. The Morgan fingerprint density at radius 2 is 1.96 bits per heavy atom. The van der Waals surface area contributed by atoms with E-state index in [0.717, 1.165) is 23.1 Å². The van der Waals surface area contributed by atoms with Gasteiger partial charge in [0.1, 0.15) is 6.61 Å². The number of amides is 1. The van der Waals surface area contributed by atoms with Gasteiger partial charge in [-0.3, -0.25) is 4.79 Å². The number of hydrogen-bond donors (Lipinski definition) is 0. The lowest BCUT2D eigenvalue weighted by Gasteiger charge is -2.16. The normalized spacial score (nSPS) is 13.3. The average molecular weight is 372 g/mol. The molecule has 0 aromatic heterocycles. The minimum Gasteiger partial charge on any atom is -0.493 e. The van der Waals surface area contributed by atoms with Gasteiger partial charge >= 0.3 is 0 Å². The lowest BCUT2D eigenvalue weighted by Crippen LogP contribution is -2.27. The van der Waals surface area contributed by atoms with Gasteiger partial charge in [-0.15, -0.1) is 11.6 Å². The minimum atomic E-state index is 0.0595. The Morgan fingerprint density at radius 3 is 2.69 bits per heavy atom. The van der Waals surface area contributed by atoms with E-state index in [1.165, 1.54) is 0 Å². The molecule has 1 heterocycles. The van der Waals surface area contributed by atoms with Crippen LogP contribution in [-0.4, -0.2) is 30.3 Å². The molecule has 136 valence electrons. The summed E-state index contributed by atoms with van der Waals surface area (Å²) < 4.78 is 11.4. The summed E-state index contributed by atoms with van der Waals surface area (Å²) in [6.45, 7) is 1.07. The molecular formula is C21H22ClNO3. The lowest BCUT2D eigenvalue weighted by atomic mass is 10.0. The summed E-state index contributed by atoms with van der Waals surface area (Å²) in [7, 11) is 1.62. The smallest absolute Gasteiger partial charge is 0.230 e. The number of hydrogen-bond acceptors (Lipinski definition) is 3. The predicted molar refractivity (Wildman–Crippen MR) is 104 cm³/mol. The zero-order valence-electron chi connectivity index (χ0n) is 14.8. The van der Waals surface area contributed by atoms with Gasteiger partial charge in [-0.05, 0) is 41.3 Å². The van der Waals surface area contributed by atoms with Crippen molar-refractivity contribution >= 4 is 23.6 Å². The summed E-state index contributed by atoms with van der Waals surface area (Å²) in [5.74, 6) is 1.90. The standard InChI is InChI=1S/C21H22ClNO3/c1-25-19-12-17-8-11-23(10-5-9-22)21(24)14-18(17)13-20(19)26-15-16-6-3-2-4-7-16/h2-4,6-8,11-13H,5,9-10,14-15H2,1H3. The van der Waals surface area contributed by atoms with Gasteiger partial charge in [0.2, 0.25) is 5.91 Å². The second-order valence-corrected chi connectivity index (χ2v) is 6.48. The van der Waals surface area contributed by atoms with Crippen LogP contribution in [0.4, 0.5) is 0 Å². The first kappa shape index (κ1) is 18.3. The van der Waals surface area contributed by atoms with Crippen molar-refractivity contribution in [3.63, 3.8) is 0 Å². The van der Waals surface area contributed by atoms with Crippen molar-refractivity contribution in [2.75, 3.05) is 19.5 Å². The molecule has 0 bridgehead atoms. The fourth-order valence-corrected chi connectivity index (χ4v) is 3.00. The largest absolute Gasteiger partial charge is 0.493 e. The molecular weight excluding hydrogens is 350 g/mol. The van der Waals surface area contributed by atoms with E-state index >= 15 is 0 Å². The molecule has 2 aromatic carbocycles. The van der Waals surface area contributed by atoms with Crippen LogP contribution in [0.5, 0.6) is 11.5 Å². The van der Waals surface area contributed by atoms with Crippen LogP contribution < -0.4 is 9.47 Å². The molecule has 0 radical (unpaired) electrons. The van der Waals surface area contributed by atoms with Crippen LogP contribution in [0, 0.1) is 0 Å². The van der Waals surface area contributed by atoms with Crippen molar-refractivity contribution in [1.82, 2.24) is 4.90 Å². The van der Waals surface area contributed by atoms with Crippen molar-refractivity contribution in [3.05, 3.63) is 65.4 Å². The van der Waals surface area contributed by atoms with Gasteiger partial charge in [-0.2, -0.15) is 0 Å². The molecule has 2 aromatic rings. The number of nitrogens with zero attached hydrogens (tertiary/aromatic N) is 1. The van der Waals surface area contributed by atoms with Crippen LogP contribution >= 0.6 is 11.6 Å². The molecule has 0 spiro atoms. The summed E-state index contributed by atoms with van der Waals surface area (Å²) in [6, 6.07) is 13.8. The van der Waals surface area contributed by atoms with E-state index < -0.39 is 0 Å². The number of carbonyl (C=O) groups is 1. The Balaban J connectivity index is 1.81. The van der Waals surface area contributed by atoms with E-state index in [1.807, 2.05) is 54.7 Å². The highest BCUT2D eigenvalue weighted by molar-refractivity contribution is 6.17. The van der Waals surface area contributed by atoms with E-state index in [0.29, 0.717) is 37.0 Å². The first-order valence-corrected chi connectivity index (χ1v) is 9.16. The maximum Gasteiger partial charge on any atom is 0.230 e. The van der Waals surface area contributed by atoms with Crippen molar-refractivity contribution < 1.29 is 14.3 Å². The van der Waals surface area contributed by atoms with Crippen LogP contribution in [-0.2, 0) is 17.8 Å². The van der Waals surface area contributed by atoms with Crippen LogP contribution in [0.25, 0.3) is 6.08 Å². The van der Waals surface area contributed by atoms with Crippen molar-refractivity contribution in [3.8, 4) is 11.5 Å². The number of fused-ring (bicyclic) bond motifs is 1. The Labute approximate surface area is 159 Å². The summed E-state index contributed by atoms with van der Waals surface area (Å²) in [5.41, 5.74) is 2.98. The van der Waals surface area contributed by atoms with E-state index in [2.05, 4.69) is 0 Å². The molecule has 26 heavy (non-hydrogen) atoms. The molecule has 1 aliphatic rings. The number of rotatable bonds is 7. The SMILES string of the molecule is COc1cc2c(cc1OCc1ccccc1)CC(=O)N(CCCCl)C=C2. The predicted octanol–water partition coefficient (Wildman–Crippen LogP) is 4.26. The zero-order valence-corrected chi connectivity index (χ0v) is 15.5. The van der Waals surface area contributed by atoms with Crippen molar-refractivity contribution in [2.45, 2.75) is 19.4 Å². The molecule has 0 unspecified atom stereocenters. The maximum atomic E-state index is 12.5. The average Bonchev–Trinajstić information content (AvgIpc) is 2.82. The summed E-state index contributed by atoms with van der Waals surface area (Å²) >= 11 is 5.75. The van der Waals surface area contributed by atoms with Crippen LogP contribution in [0.2, 0.25) is 0 Å². The number of ether oxygens (including phenoxy) is 2. The van der Waals surface area contributed by atoms with Gasteiger partial charge in [0.15, 0.2) is 11.5 Å². The Hall–Kier alpha value is -2.46. The Morgan fingerprint density at radius 1 is 1.15 bits per heavy atom. The topological polar surface area (TPSA) is 38.8 Å². The molecule has 4 nitrogen and oxygen atoms in total. The number of halogens is 1. The Bertz CT molecular complexity index is 789. The van der Waals surface area contributed by atoms with Gasteiger partial charge in [0.25, 0.3) is 0 Å².